The van der Waals surface area contributed by atoms with Gasteiger partial charge in [0.05, 0.1) is 0 Å². The predicted molar refractivity (Wildman–Crippen MR) is 65.0 cm³/mol. The monoisotopic (exact) mass is 224 g/mol. The number of amides is 1. The van der Waals surface area contributed by atoms with Gasteiger partial charge in [-0.2, -0.15) is 0 Å². The lowest BCUT2D eigenvalue weighted by Crippen LogP contribution is -2.41. The van der Waals surface area contributed by atoms with Crippen molar-refractivity contribution in [1.29, 1.82) is 0 Å². The van der Waals surface area contributed by atoms with Gasteiger partial charge in [-0.25, -0.2) is 0 Å². The molecule has 2 unspecified atom stereocenters. The highest BCUT2D eigenvalue weighted by atomic mass is 16.2. The number of carbonyl (C=O) groups is 1. The minimum atomic E-state index is -0.00247. The van der Waals surface area contributed by atoms with Crippen LogP contribution in [0.5, 0.6) is 0 Å². The summed E-state index contributed by atoms with van der Waals surface area (Å²) in [5.74, 6) is 1.06. The van der Waals surface area contributed by atoms with E-state index >= 15 is 0 Å². The van der Waals surface area contributed by atoms with Crippen LogP contribution in [0.25, 0.3) is 0 Å². The van der Waals surface area contributed by atoms with Gasteiger partial charge in [0.1, 0.15) is 0 Å². The van der Waals surface area contributed by atoms with E-state index in [4.69, 9.17) is 5.73 Å². The van der Waals surface area contributed by atoms with E-state index in [2.05, 4.69) is 4.90 Å². The second-order valence-corrected chi connectivity index (χ2v) is 5.52. The summed E-state index contributed by atoms with van der Waals surface area (Å²) in [4.78, 5) is 14.2. The summed E-state index contributed by atoms with van der Waals surface area (Å²) >= 11 is 0. The molecule has 2 atom stereocenters. The van der Waals surface area contributed by atoms with Crippen molar-refractivity contribution in [2.45, 2.75) is 64.0 Å². The van der Waals surface area contributed by atoms with Gasteiger partial charge in [0.2, 0.25) is 5.91 Å². The third-order valence-corrected chi connectivity index (χ3v) is 4.06. The van der Waals surface area contributed by atoms with E-state index in [1.807, 2.05) is 6.92 Å². The smallest absolute Gasteiger partial charge is 0.224 e. The van der Waals surface area contributed by atoms with Crippen molar-refractivity contribution >= 4 is 5.91 Å². The zero-order valence-electron chi connectivity index (χ0n) is 10.3. The topological polar surface area (TPSA) is 46.3 Å². The van der Waals surface area contributed by atoms with Gasteiger partial charge in [-0.05, 0) is 38.5 Å². The van der Waals surface area contributed by atoms with Crippen LogP contribution in [0.2, 0.25) is 0 Å². The van der Waals surface area contributed by atoms with Crippen molar-refractivity contribution in [3.8, 4) is 0 Å². The molecule has 2 N–H and O–H groups in total. The molecule has 0 bridgehead atoms. The minimum absolute atomic E-state index is 0.00247. The maximum absolute atomic E-state index is 12.1. The van der Waals surface area contributed by atoms with Crippen molar-refractivity contribution in [2.24, 2.45) is 11.7 Å². The number of nitrogens with two attached hydrogens (primary N) is 1. The van der Waals surface area contributed by atoms with E-state index < -0.39 is 0 Å². The normalized spacial score (nSPS) is 28.6. The fourth-order valence-electron chi connectivity index (χ4n) is 3.33. The summed E-state index contributed by atoms with van der Waals surface area (Å²) in [6, 6.07) is 0.533. The van der Waals surface area contributed by atoms with Crippen LogP contribution in [0.1, 0.15) is 51.9 Å². The Labute approximate surface area is 98.4 Å². The Bertz CT molecular complexity index is 246. The average molecular weight is 224 g/mol. The number of rotatable bonds is 3. The van der Waals surface area contributed by atoms with Crippen LogP contribution in [0.3, 0.4) is 0 Å². The maximum Gasteiger partial charge on any atom is 0.224 e. The van der Waals surface area contributed by atoms with Crippen LogP contribution in [0.15, 0.2) is 0 Å². The first kappa shape index (κ1) is 11.9. The van der Waals surface area contributed by atoms with Crippen LogP contribution in [-0.2, 0) is 4.79 Å². The zero-order chi connectivity index (χ0) is 11.5. The SMILES string of the molecule is CC(N)CC(=O)N1CCCC1C1CCCC1. The average Bonchev–Trinajstić information content (AvgIpc) is 2.87. The summed E-state index contributed by atoms with van der Waals surface area (Å²) in [7, 11) is 0. The quantitative estimate of drug-likeness (QED) is 0.796. The first-order valence-electron chi connectivity index (χ1n) is 6.73. The second-order valence-electron chi connectivity index (χ2n) is 5.52. The molecule has 1 aliphatic carbocycles. The predicted octanol–water partition coefficient (Wildman–Crippen LogP) is 1.90. The van der Waals surface area contributed by atoms with E-state index in [-0.39, 0.29) is 11.9 Å². The zero-order valence-corrected chi connectivity index (χ0v) is 10.3. The molecular formula is C13H24N2O. The minimum Gasteiger partial charge on any atom is -0.339 e. The Morgan fingerprint density at radius 2 is 2.00 bits per heavy atom. The summed E-state index contributed by atoms with van der Waals surface area (Å²) in [6.45, 7) is 2.88. The molecule has 1 amide bonds. The molecule has 1 saturated heterocycles. The highest BCUT2D eigenvalue weighted by molar-refractivity contribution is 5.77. The number of carbonyl (C=O) groups excluding carboxylic acids is 1. The van der Waals surface area contributed by atoms with Gasteiger partial charge < -0.3 is 10.6 Å². The lowest BCUT2D eigenvalue weighted by Gasteiger charge is -2.30. The van der Waals surface area contributed by atoms with Crippen LogP contribution in [0, 0.1) is 5.92 Å². The van der Waals surface area contributed by atoms with Crippen LogP contribution in [-0.4, -0.2) is 29.4 Å². The number of likely N-dealkylation sites (tertiary alicyclic amines) is 1. The standard InChI is InChI=1S/C13H24N2O/c1-10(14)9-13(16)15-8-4-7-12(15)11-5-2-3-6-11/h10-12H,2-9,14H2,1H3. The number of nitrogens with zero attached hydrogens (tertiary/aromatic N) is 1. The van der Waals surface area contributed by atoms with E-state index in [0.29, 0.717) is 12.5 Å². The number of hydrogen-bond acceptors (Lipinski definition) is 2. The first-order valence-corrected chi connectivity index (χ1v) is 6.73. The van der Waals surface area contributed by atoms with Gasteiger partial charge in [0, 0.05) is 25.0 Å². The molecule has 3 nitrogen and oxygen atoms in total. The van der Waals surface area contributed by atoms with E-state index in [0.717, 1.165) is 12.5 Å². The highest BCUT2D eigenvalue weighted by Gasteiger charge is 2.35. The highest BCUT2D eigenvalue weighted by Crippen LogP contribution is 2.35. The third kappa shape index (κ3) is 2.57. The molecule has 1 heterocycles. The molecule has 1 aliphatic heterocycles. The summed E-state index contributed by atoms with van der Waals surface area (Å²) < 4.78 is 0. The van der Waals surface area contributed by atoms with Crippen molar-refractivity contribution in [1.82, 2.24) is 4.90 Å². The Morgan fingerprint density at radius 1 is 1.31 bits per heavy atom. The van der Waals surface area contributed by atoms with Crippen molar-refractivity contribution < 1.29 is 4.79 Å². The molecule has 0 radical (unpaired) electrons. The molecule has 92 valence electrons. The lowest BCUT2D eigenvalue weighted by atomic mass is 9.96. The van der Waals surface area contributed by atoms with E-state index in [9.17, 15) is 4.79 Å². The molecule has 0 aromatic carbocycles. The van der Waals surface area contributed by atoms with Crippen molar-refractivity contribution in [3.63, 3.8) is 0 Å². The van der Waals surface area contributed by atoms with Gasteiger partial charge in [-0.15, -0.1) is 0 Å². The van der Waals surface area contributed by atoms with Gasteiger partial charge in [-0.1, -0.05) is 12.8 Å². The van der Waals surface area contributed by atoms with Gasteiger partial charge in [0.25, 0.3) is 0 Å². The lowest BCUT2D eigenvalue weighted by molar-refractivity contribution is -0.133. The van der Waals surface area contributed by atoms with Crippen LogP contribution >= 0.6 is 0 Å². The maximum atomic E-state index is 12.1. The van der Waals surface area contributed by atoms with E-state index in [1.54, 1.807) is 0 Å². The number of hydrogen-bond donors (Lipinski definition) is 1. The van der Waals surface area contributed by atoms with Gasteiger partial charge in [-0.3, -0.25) is 4.79 Å². The molecule has 2 fully saturated rings. The molecule has 0 aromatic heterocycles. The molecule has 0 spiro atoms. The van der Waals surface area contributed by atoms with Crippen LogP contribution in [0.4, 0.5) is 0 Å². The summed E-state index contributed by atoms with van der Waals surface area (Å²) in [5, 5.41) is 0. The van der Waals surface area contributed by atoms with Gasteiger partial charge in [0.15, 0.2) is 0 Å². The van der Waals surface area contributed by atoms with Crippen molar-refractivity contribution in [3.05, 3.63) is 0 Å². The Morgan fingerprint density at radius 3 is 2.62 bits per heavy atom. The molecular weight excluding hydrogens is 200 g/mol. The molecule has 16 heavy (non-hydrogen) atoms. The fourth-order valence-corrected chi connectivity index (χ4v) is 3.33. The van der Waals surface area contributed by atoms with Crippen molar-refractivity contribution in [2.75, 3.05) is 6.54 Å². The largest absolute Gasteiger partial charge is 0.339 e. The first-order chi connectivity index (χ1) is 7.68. The van der Waals surface area contributed by atoms with Gasteiger partial charge >= 0.3 is 0 Å². The molecule has 0 aromatic rings. The fraction of sp³-hybridized carbons (Fsp3) is 0.923. The Hall–Kier alpha value is -0.570. The van der Waals surface area contributed by atoms with E-state index in [1.165, 1.54) is 38.5 Å². The molecule has 1 saturated carbocycles. The molecule has 2 rings (SSSR count). The third-order valence-electron chi connectivity index (χ3n) is 4.06. The second kappa shape index (κ2) is 5.17. The summed E-state index contributed by atoms with van der Waals surface area (Å²) in [5.41, 5.74) is 5.71. The van der Waals surface area contributed by atoms with Crippen LogP contribution < -0.4 is 5.73 Å². The molecule has 2 aliphatic rings. The Balaban J connectivity index is 1.94. The summed E-state index contributed by atoms with van der Waals surface area (Å²) in [6.07, 6.45) is 8.29. The molecule has 3 heteroatoms. The Kier molecular flexibility index (Phi) is 3.85.